The van der Waals surface area contributed by atoms with Crippen molar-refractivity contribution < 1.29 is 4.79 Å². The lowest BCUT2D eigenvalue weighted by Gasteiger charge is -2.27. The molecule has 1 aliphatic heterocycles. The van der Waals surface area contributed by atoms with E-state index in [9.17, 15) is 4.79 Å². The van der Waals surface area contributed by atoms with E-state index >= 15 is 0 Å². The fourth-order valence-corrected chi connectivity index (χ4v) is 3.02. The third kappa shape index (κ3) is 2.99. The Balaban J connectivity index is 1.85. The predicted octanol–water partition coefficient (Wildman–Crippen LogP) is 4.29. The van der Waals surface area contributed by atoms with Gasteiger partial charge in [-0.25, -0.2) is 0 Å². The first-order valence-electron chi connectivity index (χ1n) is 7.71. The molecule has 21 heavy (non-hydrogen) atoms. The highest BCUT2D eigenvalue weighted by Crippen LogP contribution is 2.25. The molecule has 0 aromatic heterocycles. The number of aryl methyl sites for hydroxylation is 1. The Labute approximate surface area is 126 Å². The van der Waals surface area contributed by atoms with Crippen LogP contribution in [-0.4, -0.2) is 23.9 Å². The number of hydrogen-bond donors (Lipinski definition) is 0. The summed E-state index contributed by atoms with van der Waals surface area (Å²) in [5.41, 5.74) is 4.37. The molecule has 3 rings (SSSR count). The van der Waals surface area contributed by atoms with Crippen LogP contribution >= 0.6 is 0 Å². The first kappa shape index (κ1) is 13.9. The molecule has 0 aliphatic carbocycles. The smallest absolute Gasteiger partial charge is 0.253 e. The SMILES string of the molecule is Cc1cc(C(=O)N2CCCCC2)ccc1-c1ccccc1. The third-order valence-corrected chi connectivity index (χ3v) is 4.20. The molecule has 2 heteroatoms. The van der Waals surface area contributed by atoms with E-state index in [1.54, 1.807) is 0 Å². The van der Waals surface area contributed by atoms with Gasteiger partial charge >= 0.3 is 0 Å². The number of piperidine rings is 1. The zero-order valence-electron chi connectivity index (χ0n) is 12.5. The number of nitrogens with zero attached hydrogens (tertiary/aromatic N) is 1. The number of likely N-dealkylation sites (tertiary alicyclic amines) is 1. The van der Waals surface area contributed by atoms with Crippen molar-refractivity contribution in [3.63, 3.8) is 0 Å². The van der Waals surface area contributed by atoms with Gasteiger partial charge in [0, 0.05) is 18.7 Å². The van der Waals surface area contributed by atoms with Gasteiger partial charge in [0.1, 0.15) is 0 Å². The Hall–Kier alpha value is -2.09. The zero-order valence-corrected chi connectivity index (χ0v) is 12.5. The van der Waals surface area contributed by atoms with Crippen LogP contribution in [0.25, 0.3) is 11.1 Å². The van der Waals surface area contributed by atoms with E-state index in [2.05, 4.69) is 25.1 Å². The van der Waals surface area contributed by atoms with Crippen LogP contribution < -0.4 is 0 Å². The van der Waals surface area contributed by atoms with Crippen molar-refractivity contribution in [3.05, 3.63) is 59.7 Å². The van der Waals surface area contributed by atoms with Crippen molar-refractivity contribution in [1.29, 1.82) is 0 Å². The van der Waals surface area contributed by atoms with Gasteiger partial charge in [-0.15, -0.1) is 0 Å². The Morgan fingerprint density at radius 3 is 2.33 bits per heavy atom. The Morgan fingerprint density at radius 1 is 0.952 bits per heavy atom. The molecule has 2 aromatic carbocycles. The lowest BCUT2D eigenvalue weighted by atomic mass is 9.98. The monoisotopic (exact) mass is 279 g/mol. The number of amides is 1. The largest absolute Gasteiger partial charge is 0.339 e. The molecule has 1 amide bonds. The maximum atomic E-state index is 12.5. The predicted molar refractivity (Wildman–Crippen MR) is 86.4 cm³/mol. The quantitative estimate of drug-likeness (QED) is 0.803. The highest BCUT2D eigenvalue weighted by Gasteiger charge is 2.18. The van der Waals surface area contributed by atoms with E-state index in [4.69, 9.17) is 0 Å². The van der Waals surface area contributed by atoms with E-state index < -0.39 is 0 Å². The van der Waals surface area contributed by atoms with Gasteiger partial charge in [0.15, 0.2) is 0 Å². The molecule has 0 radical (unpaired) electrons. The lowest BCUT2D eigenvalue weighted by Crippen LogP contribution is -2.35. The molecule has 1 heterocycles. The third-order valence-electron chi connectivity index (χ3n) is 4.20. The van der Waals surface area contributed by atoms with Crippen LogP contribution in [0, 0.1) is 6.92 Å². The van der Waals surface area contributed by atoms with Crippen LogP contribution in [0.1, 0.15) is 35.2 Å². The second-order valence-electron chi connectivity index (χ2n) is 5.75. The van der Waals surface area contributed by atoms with E-state index in [1.165, 1.54) is 17.5 Å². The fourth-order valence-electron chi connectivity index (χ4n) is 3.02. The molecule has 0 unspecified atom stereocenters. The van der Waals surface area contributed by atoms with Crippen molar-refractivity contribution >= 4 is 5.91 Å². The molecule has 2 nitrogen and oxygen atoms in total. The Bertz CT molecular complexity index is 627. The first-order valence-corrected chi connectivity index (χ1v) is 7.71. The van der Waals surface area contributed by atoms with Gasteiger partial charge in [-0.2, -0.15) is 0 Å². The number of benzene rings is 2. The minimum atomic E-state index is 0.178. The van der Waals surface area contributed by atoms with E-state index in [0.717, 1.165) is 37.1 Å². The highest BCUT2D eigenvalue weighted by atomic mass is 16.2. The van der Waals surface area contributed by atoms with Gasteiger partial charge in [0.25, 0.3) is 5.91 Å². The number of rotatable bonds is 2. The van der Waals surface area contributed by atoms with Crippen LogP contribution in [-0.2, 0) is 0 Å². The van der Waals surface area contributed by atoms with E-state index in [-0.39, 0.29) is 5.91 Å². The zero-order chi connectivity index (χ0) is 14.7. The lowest BCUT2D eigenvalue weighted by molar-refractivity contribution is 0.0724. The van der Waals surface area contributed by atoms with Crippen LogP contribution in [0.15, 0.2) is 48.5 Å². The summed E-state index contributed by atoms with van der Waals surface area (Å²) < 4.78 is 0. The molecule has 0 bridgehead atoms. The molecule has 0 atom stereocenters. The molecule has 0 N–H and O–H groups in total. The summed E-state index contributed by atoms with van der Waals surface area (Å²) in [5, 5.41) is 0. The minimum absolute atomic E-state index is 0.178. The van der Waals surface area contributed by atoms with Crippen LogP contribution in [0.5, 0.6) is 0 Å². The fraction of sp³-hybridized carbons (Fsp3) is 0.316. The molecule has 1 aliphatic rings. The molecule has 0 saturated carbocycles. The first-order chi connectivity index (χ1) is 10.3. The molecular weight excluding hydrogens is 258 g/mol. The second-order valence-corrected chi connectivity index (χ2v) is 5.75. The Kier molecular flexibility index (Phi) is 4.05. The van der Waals surface area contributed by atoms with Gasteiger partial charge in [-0.1, -0.05) is 36.4 Å². The second kappa shape index (κ2) is 6.13. The molecule has 108 valence electrons. The van der Waals surface area contributed by atoms with Crippen LogP contribution in [0.2, 0.25) is 0 Å². The Morgan fingerprint density at radius 2 is 1.67 bits per heavy atom. The van der Waals surface area contributed by atoms with Crippen molar-refractivity contribution in [3.8, 4) is 11.1 Å². The molecule has 2 aromatic rings. The minimum Gasteiger partial charge on any atom is -0.339 e. The average Bonchev–Trinajstić information content (AvgIpc) is 2.55. The maximum absolute atomic E-state index is 12.5. The van der Waals surface area contributed by atoms with E-state index in [1.807, 2.05) is 35.2 Å². The van der Waals surface area contributed by atoms with E-state index in [0.29, 0.717) is 0 Å². The molecule has 1 fully saturated rings. The van der Waals surface area contributed by atoms with Crippen LogP contribution in [0.3, 0.4) is 0 Å². The standard InChI is InChI=1S/C19H21NO/c1-15-14-17(19(21)20-12-6-3-7-13-20)10-11-18(15)16-8-4-2-5-9-16/h2,4-5,8-11,14H,3,6-7,12-13H2,1H3. The van der Waals surface area contributed by atoms with Crippen molar-refractivity contribution in [1.82, 2.24) is 4.90 Å². The number of hydrogen-bond acceptors (Lipinski definition) is 1. The molecule has 1 saturated heterocycles. The topological polar surface area (TPSA) is 20.3 Å². The van der Waals surface area contributed by atoms with Gasteiger partial charge in [-0.3, -0.25) is 4.79 Å². The molecular formula is C19H21NO. The summed E-state index contributed by atoms with van der Waals surface area (Å²) in [6.07, 6.45) is 3.51. The summed E-state index contributed by atoms with van der Waals surface area (Å²) in [6, 6.07) is 16.4. The summed E-state index contributed by atoms with van der Waals surface area (Å²) in [6.45, 7) is 3.88. The molecule has 0 spiro atoms. The summed E-state index contributed by atoms with van der Waals surface area (Å²) >= 11 is 0. The van der Waals surface area contributed by atoms with Gasteiger partial charge in [0.2, 0.25) is 0 Å². The number of carbonyl (C=O) groups excluding carboxylic acids is 1. The summed E-state index contributed by atoms with van der Waals surface area (Å²) in [5.74, 6) is 0.178. The maximum Gasteiger partial charge on any atom is 0.253 e. The van der Waals surface area contributed by atoms with Gasteiger partial charge < -0.3 is 4.90 Å². The van der Waals surface area contributed by atoms with Crippen molar-refractivity contribution in [2.24, 2.45) is 0 Å². The highest BCUT2D eigenvalue weighted by molar-refractivity contribution is 5.95. The average molecular weight is 279 g/mol. The number of carbonyl (C=O) groups is 1. The van der Waals surface area contributed by atoms with Crippen molar-refractivity contribution in [2.45, 2.75) is 26.2 Å². The van der Waals surface area contributed by atoms with Crippen LogP contribution in [0.4, 0.5) is 0 Å². The summed E-state index contributed by atoms with van der Waals surface area (Å²) in [4.78, 5) is 14.5. The van der Waals surface area contributed by atoms with Gasteiger partial charge in [0.05, 0.1) is 0 Å². The van der Waals surface area contributed by atoms with Crippen molar-refractivity contribution in [2.75, 3.05) is 13.1 Å². The normalized spacial score (nSPS) is 15.0. The summed E-state index contributed by atoms with van der Waals surface area (Å²) in [7, 11) is 0. The van der Waals surface area contributed by atoms with Gasteiger partial charge in [-0.05, 0) is 55.0 Å².